The molecule has 2 aromatic carbocycles. The highest BCUT2D eigenvalue weighted by Gasteiger charge is 2.31. The molecule has 0 saturated carbocycles. The van der Waals surface area contributed by atoms with Gasteiger partial charge in [0.2, 0.25) is 17.7 Å². The number of fused-ring (bicyclic) bond motifs is 1. The van der Waals surface area contributed by atoms with Crippen molar-refractivity contribution in [3.05, 3.63) is 65.9 Å². The van der Waals surface area contributed by atoms with E-state index in [1.807, 2.05) is 24.5 Å². The number of phenols is 1. The molecule has 0 aliphatic rings. The smallest absolute Gasteiger partial charge is 0.326 e. The molecule has 1 heterocycles. The van der Waals surface area contributed by atoms with E-state index in [0.717, 1.165) is 10.9 Å². The van der Waals surface area contributed by atoms with Crippen LogP contribution in [0.5, 0.6) is 5.75 Å². The van der Waals surface area contributed by atoms with Crippen molar-refractivity contribution in [2.45, 2.75) is 49.9 Å². The number of hydrogen-bond acceptors (Lipinski definition) is 8. The van der Waals surface area contributed by atoms with Crippen molar-refractivity contribution in [1.29, 1.82) is 0 Å². The molecule has 0 saturated heterocycles. The number of carbonyl (C=O) groups excluding carboxylic acids is 3. The van der Waals surface area contributed by atoms with E-state index < -0.39 is 60.2 Å². The van der Waals surface area contributed by atoms with Gasteiger partial charge < -0.3 is 42.0 Å². The number of phenolic OH excluding ortho intramolecular Hbond substituents is 1. The number of carbonyl (C=O) groups is 5. The fourth-order valence-electron chi connectivity index (χ4n) is 4.41. The lowest BCUT2D eigenvalue weighted by molar-refractivity contribution is -0.147. The lowest BCUT2D eigenvalue weighted by Crippen LogP contribution is -2.58. The molecule has 1 aromatic heterocycles. The van der Waals surface area contributed by atoms with Crippen LogP contribution >= 0.6 is 11.8 Å². The largest absolute Gasteiger partial charge is 0.508 e. The standard InChI is InChI=1S/C29H35N5O8S/c1-43-11-10-22(32-26(38)20(30)12-16-6-8-18(35)9-7-16)27(39)33-23(28(40)34-24(29(41)42)14-25(36)37)13-17-15-31-21-5-3-2-4-19(17)21/h2-9,15,20,22-24,31,35H,10-14,30H2,1H3,(H,32,38)(H,33,39)(H,34,40)(H,36,37)(H,41,42). The van der Waals surface area contributed by atoms with Gasteiger partial charge >= 0.3 is 11.9 Å². The molecule has 9 N–H and O–H groups in total. The fourth-order valence-corrected chi connectivity index (χ4v) is 4.88. The maximum Gasteiger partial charge on any atom is 0.326 e. The number of H-pyrrole nitrogens is 1. The predicted molar refractivity (Wildman–Crippen MR) is 160 cm³/mol. The summed E-state index contributed by atoms with van der Waals surface area (Å²) in [6.45, 7) is 0. The Balaban J connectivity index is 1.81. The number of benzene rings is 2. The van der Waals surface area contributed by atoms with Gasteiger partial charge in [-0.2, -0.15) is 11.8 Å². The SMILES string of the molecule is CSCCC(NC(=O)C(N)Cc1ccc(O)cc1)C(=O)NC(Cc1c[nH]c2ccccc12)C(=O)NC(CC(=O)O)C(=O)O. The highest BCUT2D eigenvalue weighted by atomic mass is 32.2. The maximum atomic E-state index is 13.5. The molecule has 0 aliphatic heterocycles. The van der Waals surface area contributed by atoms with E-state index in [4.69, 9.17) is 10.8 Å². The Morgan fingerprint density at radius 3 is 2.14 bits per heavy atom. The maximum absolute atomic E-state index is 13.5. The predicted octanol–water partition coefficient (Wildman–Crippen LogP) is 0.753. The molecule has 43 heavy (non-hydrogen) atoms. The number of para-hydroxylation sites is 1. The molecule has 3 aromatic rings. The van der Waals surface area contributed by atoms with Crippen molar-refractivity contribution >= 4 is 52.3 Å². The van der Waals surface area contributed by atoms with Crippen LogP contribution in [-0.2, 0) is 36.8 Å². The summed E-state index contributed by atoms with van der Waals surface area (Å²) >= 11 is 1.44. The zero-order valence-electron chi connectivity index (χ0n) is 23.4. The van der Waals surface area contributed by atoms with Crippen LogP contribution in [0.15, 0.2) is 54.7 Å². The minimum absolute atomic E-state index is 0.0510. The Bertz CT molecular complexity index is 1440. The van der Waals surface area contributed by atoms with Crippen LogP contribution in [0.2, 0.25) is 0 Å². The quantitative estimate of drug-likeness (QED) is 0.113. The number of nitrogens with two attached hydrogens (primary N) is 1. The van der Waals surface area contributed by atoms with Crippen LogP contribution < -0.4 is 21.7 Å². The molecular formula is C29H35N5O8S. The average molecular weight is 614 g/mol. The van der Waals surface area contributed by atoms with Gasteiger partial charge in [0.05, 0.1) is 12.5 Å². The summed E-state index contributed by atoms with van der Waals surface area (Å²) in [5.41, 5.74) is 8.24. The summed E-state index contributed by atoms with van der Waals surface area (Å²) in [6, 6.07) is 8.36. The first-order chi connectivity index (χ1) is 20.5. The minimum atomic E-state index is -1.72. The summed E-state index contributed by atoms with van der Waals surface area (Å²) in [6.07, 6.45) is 2.94. The summed E-state index contributed by atoms with van der Waals surface area (Å²) in [5, 5.41) is 36.3. The molecule has 0 spiro atoms. The normalized spacial score (nSPS) is 13.8. The fraction of sp³-hybridized carbons (Fsp3) is 0.345. The highest BCUT2D eigenvalue weighted by Crippen LogP contribution is 2.19. The molecule has 0 aliphatic carbocycles. The van der Waals surface area contributed by atoms with Crippen molar-refractivity contribution in [1.82, 2.24) is 20.9 Å². The lowest BCUT2D eigenvalue weighted by atomic mass is 10.0. The second-order valence-electron chi connectivity index (χ2n) is 9.94. The van der Waals surface area contributed by atoms with E-state index in [9.17, 15) is 34.2 Å². The Labute approximate surface area is 251 Å². The molecule has 4 atom stereocenters. The third kappa shape index (κ3) is 9.75. The van der Waals surface area contributed by atoms with Gasteiger partial charge in [0.25, 0.3) is 0 Å². The second-order valence-corrected chi connectivity index (χ2v) is 10.9. The topological polar surface area (TPSA) is 224 Å². The molecule has 13 nitrogen and oxygen atoms in total. The van der Waals surface area contributed by atoms with E-state index >= 15 is 0 Å². The van der Waals surface area contributed by atoms with Crippen LogP contribution in [-0.4, -0.2) is 86.1 Å². The molecule has 0 radical (unpaired) electrons. The second kappa shape index (κ2) is 15.6. The van der Waals surface area contributed by atoms with Crippen molar-refractivity contribution < 1.29 is 39.3 Å². The van der Waals surface area contributed by atoms with Gasteiger partial charge in [-0.3, -0.25) is 19.2 Å². The van der Waals surface area contributed by atoms with Crippen molar-refractivity contribution in [3.63, 3.8) is 0 Å². The first kappa shape index (κ1) is 32.9. The van der Waals surface area contributed by atoms with Gasteiger partial charge in [-0.25, -0.2) is 4.79 Å². The molecule has 14 heteroatoms. The summed E-state index contributed by atoms with van der Waals surface area (Å²) in [5.74, 6) is -4.59. The van der Waals surface area contributed by atoms with Gasteiger partial charge in [-0.1, -0.05) is 30.3 Å². The van der Waals surface area contributed by atoms with Gasteiger partial charge in [0, 0.05) is 23.5 Å². The Hall–Kier alpha value is -4.56. The molecule has 0 fully saturated rings. The summed E-state index contributed by atoms with van der Waals surface area (Å²) in [4.78, 5) is 65.6. The number of carboxylic acids is 2. The number of nitrogens with one attached hydrogen (secondary N) is 4. The van der Waals surface area contributed by atoms with Gasteiger partial charge in [0.15, 0.2) is 0 Å². The molecule has 4 unspecified atom stereocenters. The first-order valence-electron chi connectivity index (χ1n) is 13.4. The number of carboxylic acid groups (broad SMARTS) is 2. The van der Waals surface area contributed by atoms with E-state index in [1.165, 1.54) is 23.9 Å². The molecule has 0 bridgehead atoms. The van der Waals surface area contributed by atoms with Crippen LogP contribution in [0.3, 0.4) is 0 Å². The zero-order valence-corrected chi connectivity index (χ0v) is 24.2. The highest BCUT2D eigenvalue weighted by molar-refractivity contribution is 7.98. The van der Waals surface area contributed by atoms with Crippen LogP contribution in [0.25, 0.3) is 10.9 Å². The number of aliphatic carboxylic acids is 2. The van der Waals surface area contributed by atoms with E-state index in [1.54, 1.807) is 24.4 Å². The zero-order chi connectivity index (χ0) is 31.5. The van der Waals surface area contributed by atoms with E-state index in [2.05, 4.69) is 20.9 Å². The average Bonchev–Trinajstić information content (AvgIpc) is 3.37. The molecule has 230 valence electrons. The Morgan fingerprint density at radius 1 is 0.860 bits per heavy atom. The van der Waals surface area contributed by atoms with Gasteiger partial charge in [0.1, 0.15) is 23.9 Å². The van der Waals surface area contributed by atoms with Crippen molar-refractivity contribution in [2.75, 3.05) is 12.0 Å². The number of thioether (sulfide) groups is 1. The van der Waals surface area contributed by atoms with Crippen LogP contribution in [0.4, 0.5) is 0 Å². The third-order valence-electron chi connectivity index (χ3n) is 6.70. The summed E-state index contributed by atoms with van der Waals surface area (Å²) in [7, 11) is 0. The third-order valence-corrected chi connectivity index (χ3v) is 7.34. The Morgan fingerprint density at radius 2 is 1.49 bits per heavy atom. The minimum Gasteiger partial charge on any atom is -0.508 e. The number of amides is 3. The number of aromatic hydroxyl groups is 1. The van der Waals surface area contributed by atoms with Crippen LogP contribution in [0, 0.1) is 0 Å². The van der Waals surface area contributed by atoms with E-state index in [0.29, 0.717) is 16.9 Å². The van der Waals surface area contributed by atoms with Crippen molar-refractivity contribution in [3.8, 4) is 5.75 Å². The molecule has 3 amide bonds. The number of hydrogen-bond donors (Lipinski definition) is 8. The van der Waals surface area contributed by atoms with E-state index in [-0.39, 0.29) is 25.0 Å². The number of rotatable bonds is 16. The molecular weight excluding hydrogens is 578 g/mol. The number of aromatic nitrogens is 1. The molecule has 3 rings (SSSR count). The van der Waals surface area contributed by atoms with Crippen LogP contribution in [0.1, 0.15) is 24.0 Å². The monoisotopic (exact) mass is 613 g/mol. The van der Waals surface area contributed by atoms with Crippen molar-refractivity contribution in [2.24, 2.45) is 5.73 Å². The first-order valence-corrected chi connectivity index (χ1v) is 14.8. The summed E-state index contributed by atoms with van der Waals surface area (Å²) < 4.78 is 0. The number of aromatic amines is 1. The lowest BCUT2D eigenvalue weighted by Gasteiger charge is -2.25. The van der Waals surface area contributed by atoms with Gasteiger partial charge in [-0.05, 0) is 54.2 Å². The Kier molecular flexibility index (Phi) is 12.0. The van der Waals surface area contributed by atoms with Gasteiger partial charge in [-0.15, -0.1) is 0 Å².